The van der Waals surface area contributed by atoms with Crippen molar-refractivity contribution in [3.05, 3.63) is 30.1 Å². The van der Waals surface area contributed by atoms with Gasteiger partial charge >= 0.3 is 0 Å². The Balaban J connectivity index is 1.72. The van der Waals surface area contributed by atoms with Crippen LogP contribution in [0.25, 0.3) is 0 Å². The average Bonchev–Trinajstić information content (AvgIpc) is 2.89. The number of aromatic nitrogens is 1. The van der Waals surface area contributed by atoms with Crippen LogP contribution in [0.4, 0.5) is 0 Å². The highest BCUT2D eigenvalue weighted by Crippen LogP contribution is 2.32. The van der Waals surface area contributed by atoms with Crippen molar-refractivity contribution in [2.45, 2.75) is 31.8 Å². The van der Waals surface area contributed by atoms with Crippen LogP contribution in [0.15, 0.2) is 24.5 Å². The lowest BCUT2D eigenvalue weighted by atomic mass is 10.0. The number of fused-ring (bicyclic) bond motifs is 1. The largest absolute Gasteiger partial charge is 0.335 e. The van der Waals surface area contributed by atoms with E-state index in [9.17, 15) is 4.79 Å². The lowest BCUT2D eigenvalue weighted by Crippen LogP contribution is -2.43. The molecule has 2 aliphatic rings. The van der Waals surface area contributed by atoms with Gasteiger partial charge in [0.25, 0.3) is 0 Å². The van der Waals surface area contributed by atoms with Gasteiger partial charge in [0.2, 0.25) is 5.91 Å². The lowest BCUT2D eigenvalue weighted by molar-refractivity contribution is -0.133. The third kappa shape index (κ3) is 2.01. The number of nitrogens with zero attached hydrogens (tertiary/aromatic N) is 2. The molecule has 1 aromatic rings. The molecule has 0 aromatic carbocycles. The fourth-order valence-corrected chi connectivity index (χ4v) is 3.36. The maximum absolute atomic E-state index is 12.4. The fourth-order valence-electron chi connectivity index (χ4n) is 3.36. The smallest absolute Gasteiger partial charge is 0.227 e. The van der Waals surface area contributed by atoms with Crippen LogP contribution in [-0.2, 0) is 11.2 Å². The van der Waals surface area contributed by atoms with Crippen LogP contribution >= 0.6 is 0 Å². The minimum Gasteiger partial charge on any atom is -0.335 e. The fraction of sp³-hybridized carbons (Fsp3) is 0.571. The summed E-state index contributed by atoms with van der Waals surface area (Å²) >= 11 is 0. The minimum atomic E-state index is 0.242. The Labute approximate surface area is 107 Å². The topological polar surface area (TPSA) is 45.2 Å². The van der Waals surface area contributed by atoms with Crippen LogP contribution in [-0.4, -0.2) is 41.0 Å². The molecule has 4 nitrogen and oxygen atoms in total. The van der Waals surface area contributed by atoms with Gasteiger partial charge in [-0.1, -0.05) is 6.07 Å². The van der Waals surface area contributed by atoms with Crippen LogP contribution < -0.4 is 5.32 Å². The van der Waals surface area contributed by atoms with E-state index in [0.29, 0.717) is 24.4 Å². The van der Waals surface area contributed by atoms with Gasteiger partial charge in [-0.25, -0.2) is 0 Å². The van der Waals surface area contributed by atoms with Gasteiger partial charge in [0.1, 0.15) is 0 Å². The summed E-state index contributed by atoms with van der Waals surface area (Å²) in [6.07, 6.45) is 5.13. The first-order chi connectivity index (χ1) is 8.75. The van der Waals surface area contributed by atoms with Gasteiger partial charge in [-0.3, -0.25) is 9.78 Å². The molecule has 0 aliphatic carbocycles. The molecule has 1 N–H and O–H groups in total. The van der Waals surface area contributed by atoms with Crippen molar-refractivity contribution in [2.24, 2.45) is 5.92 Å². The maximum atomic E-state index is 12.4. The molecule has 0 bridgehead atoms. The van der Waals surface area contributed by atoms with E-state index >= 15 is 0 Å². The number of hydrogen-bond donors (Lipinski definition) is 1. The molecule has 3 atom stereocenters. The molecular weight excluding hydrogens is 226 g/mol. The number of carbonyl (C=O) groups is 1. The standard InChI is InChI=1S/C14H19N3O/c1-10-5-12-8-16-9-13(12)17(10)14(18)6-11-3-2-4-15-7-11/h2-4,7,10,12-13,16H,5-6,8-9H2,1H3. The molecule has 3 unspecified atom stereocenters. The summed E-state index contributed by atoms with van der Waals surface area (Å²) in [5, 5.41) is 3.39. The summed E-state index contributed by atoms with van der Waals surface area (Å²) in [5.41, 5.74) is 1.00. The van der Waals surface area contributed by atoms with Gasteiger partial charge in [0, 0.05) is 37.6 Å². The molecule has 2 aliphatic heterocycles. The first-order valence-corrected chi connectivity index (χ1v) is 6.66. The van der Waals surface area contributed by atoms with Crippen LogP contribution in [0.5, 0.6) is 0 Å². The molecule has 4 heteroatoms. The van der Waals surface area contributed by atoms with Crippen molar-refractivity contribution in [1.29, 1.82) is 0 Å². The van der Waals surface area contributed by atoms with Crippen molar-refractivity contribution in [3.63, 3.8) is 0 Å². The highest BCUT2D eigenvalue weighted by Gasteiger charge is 2.43. The number of hydrogen-bond acceptors (Lipinski definition) is 3. The van der Waals surface area contributed by atoms with Crippen LogP contribution in [0.2, 0.25) is 0 Å². The summed E-state index contributed by atoms with van der Waals surface area (Å²) in [7, 11) is 0. The number of carbonyl (C=O) groups excluding carboxylic acids is 1. The van der Waals surface area contributed by atoms with Crippen LogP contribution in [0.3, 0.4) is 0 Å². The number of nitrogens with one attached hydrogen (secondary N) is 1. The molecule has 18 heavy (non-hydrogen) atoms. The van der Waals surface area contributed by atoms with Gasteiger partial charge in [0.15, 0.2) is 0 Å². The van der Waals surface area contributed by atoms with Crippen molar-refractivity contribution >= 4 is 5.91 Å². The third-order valence-corrected chi connectivity index (χ3v) is 4.15. The molecule has 3 rings (SSSR count). The monoisotopic (exact) mass is 245 g/mol. The molecule has 0 spiro atoms. The Morgan fingerprint density at radius 2 is 2.44 bits per heavy atom. The van der Waals surface area contributed by atoms with E-state index in [2.05, 4.69) is 22.1 Å². The second kappa shape index (κ2) is 4.69. The Kier molecular flexibility index (Phi) is 3.04. The van der Waals surface area contributed by atoms with Crippen molar-refractivity contribution in [1.82, 2.24) is 15.2 Å². The van der Waals surface area contributed by atoms with E-state index < -0.39 is 0 Å². The second-order valence-corrected chi connectivity index (χ2v) is 5.41. The Morgan fingerprint density at radius 1 is 1.56 bits per heavy atom. The van der Waals surface area contributed by atoms with Gasteiger partial charge < -0.3 is 10.2 Å². The van der Waals surface area contributed by atoms with Crippen molar-refractivity contribution in [2.75, 3.05) is 13.1 Å². The average molecular weight is 245 g/mol. The van der Waals surface area contributed by atoms with E-state index in [4.69, 9.17) is 0 Å². The quantitative estimate of drug-likeness (QED) is 0.839. The van der Waals surface area contributed by atoms with Gasteiger partial charge in [-0.05, 0) is 30.9 Å². The summed E-state index contributed by atoms with van der Waals surface area (Å²) < 4.78 is 0. The predicted octanol–water partition coefficient (Wildman–Crippen LogP) is 0.833. The summed E-state index contributed by atoms with van der Waals surface area (Å²) in [4.78, 5) is 18.6. The molecule has 0 radical (unpaired) electrons. The summed E-state index contributed by atoms with van der Waals surface area (Å²) in [5.74, 6) is 0.893. The van der Waals surface area contributed by atoms with Crippen LogP contribution in [0.1, 0.15) is 18.9 Å². The first kappa shape index (κ1) is 11.7. The molecule has 2 saturated heterocycles. The Bertz CT molecular complexity index is 434. The summed E-state index contributed by atoms with van der Waals surface area (Å²) in [6.45, 7) is 4.18. The summed E-state index contributed by atoms with van der Waals surface area (Å²) in [6, 6.07) is 4.64. The normalized spacial score (nSPS) is 30.5. The number of pyridine rings is 1. The first-order valence-electron chi connectivity index (χ1n) is 6.66. The zero-order valence-electron chi connectivity index (χ0n) is 10.7. The predicted molar refractivity (Wildman–Crippen MR) is 69.0 cm³/mol. The van der Waals surface area contributed by atoms with E-state index in [1.165, 1.54) is 0 Å². The molecular formula is C14H19N3O. The molecule has 1 aromatic heterocycles. The highest BCUT2D eigenvalue weighted by atomic mass is 16.2. The zero-order chi connectivity index (χ0) is 12.5. The van der Waals surface area contributed by atoms with E-state index in [1.807, 2.05) is 12.1 Å². The third-order valence-electron chi connectivity index (χ3n) is 4.15. The number of rotatable bonds is 2. The number of likely N-dealkylation sites (tertiary alicyclic amines) is 1. The van der Waals surface area contributed by atoms with Gasteiger partial charge in [-0.2, -0.15) is 0 Å². The SMILES string of the molecule is CC1CC2CNCC2N1C(=O)Cc1cccnc1. The van der Waals surface area contributed by atoms with Crippen molar-refractivity contribution < 1.29 is 4.79 Å². The van der Waals surface area contributed by atoms with Gasteiger partial charge in [0.05, 0.1) is 6.42 Å². The molecule has 3 heterocycles. The maximum Gasteiger partial charge on any atom is 0.227 e. The molecule has 2 fully saturated rings. The molecule has 96 valence electrons. The second-order valence-electron chi connectivity index (χ2n) is 5.41. The molecule has 1 amide bonds. The lowest BCUT2D eigenvalue weighted by Gasteiger charge is -2.27. The molecule has 0 saturated carbocycles. The minimum absolute atomic E-state index is 0.242. The highest BCUT2D eigenvalue weighted by molar-refractivity contribution is 5.79. The van der Waals surface area contributed by atoms with E-state index in [-0.39, 0.29) is 5.91 Å². The van der Waals surface area contributed by atoms with Gasteiger partial charge in [-0.15, -0.1) is 0 Å². The van der Waals surface area contributed by atoms with Crippen molar-refractivity contribution in [3.8, 4) is 0 Å². The van der Waals surface area contributed by atoms with E-state index in [0.717, 1.165) is 25.1 Å². The Morgan fingerprint density at radius 3 is 3.22 bits per heavy atom. The van der Waals surface area contributed by atoms with E-state index in [1.54, 1.807) is 12.4 Å². The van der Waals surface area contributed by atoms with Crippen LogP contribution in [0, 0.1) is 5.92 Å². The number of amides is 1. The Hall–Kier alpha value is -1.42. The zero-order valence-corrected chi connectivity index (χ0v) is 10.7.